The average Bonchev–Trinajstić information content (AvgIpc) is 2.71. The fourth-order valence-electron chi connectivity index (χ4n) is 0.922. The number of thiophene rings is 1. The lowest BCUT2D eigenvalue weighted by atomic mass is 10.5. The van der Waals surface area contributed by atoms with Crippen molar-refractivity contribution in [1.82, 2.24) is 4.98 Å². The molecule has 0 saturated carbocycles. The van der Waals surface area contributed by atoms with Gasteiger partial charge in [0.2, 0.25) is 5.89 Å². The van der Waals surface area contributed by atoms with Gasteiger partial charge >= 0.3 is 0 Å². The van der Waals surface area contributed by atoms with E-state index in [1.807, 2.05) is 6.07 Å². The fraction of sp³-hybridized carbons (Fsp3) is 0.125. The largest absolute Gasteiger partial charge is 0.443 e. The second-order valence-corrected chi connectivity index (χ2v) is 4.12. The van der Waals surface area contributed by atoms with Crippen LogP contribution in [0.3, 0.4) is 0 Å². The molecular formula is C8H6ClNO2S. The van der Waals surface area contributed by atoms with Crippen molar-refractivity contribution in [3.05, 3.63) is 28.4 Å². The van der Waals surface area contributed by atoms with Gasteiger partial charge in [0.15, 0.2) is 0 Å². The SMILES string of the molecule is OCc1coc(-c2ccc(Cl)s2)n1. The first kappa shape index (κ1) is 8.74. The molecule has 0 aliphatic heterocycles. The third-order valence-corrected chi connectivity index (χ3v) is 2.72. The van der Waals surface area contributed by atoms with Gasteiger partial charge in [-0.1, -0.05) is 11.6 Å². The zero-order valence-corrected chi connectivity index (χ0v) is 8.10. The highest BCUT2D eigenvalue weighted by atomic mass is 35.5. The zero-order chi connectivity index (χ0) is 9.26. The minimum Gasteiger partial charge on any atom is -0.443 e. The lowest BCUT2D eigenvalue weighted by Crippen LogP contribution is -1.80. The molecule has 3 nitrogen and oxygen atoms in total. The third-order valence-electron chi connectivity index (χ3n) is 1.50. The predicted octanol–water partition coefficient (Wildman–Crippen LogP) is 2.55. The molecule has 0 aliphatic carbocycles. The first-order valence-electron chi connectivity index (χ1n) is 3.60. The average molecular weight is 216 g/mol. The highest BCUT2D eigenvalue weighted by Crippen LogP contribution is 2.30. The second-order valence-electron chi connectivity index (χ2n) is 2.41. The monoisotopic (exact) mass is 215 g/mol. The maximum atomic E-state index is 8.76. The molecule has 0 atom stereocenters. The van der Waals surface area contributed by atoms with Gasteiger partial charge < -0.3 is 9.52 Å². The molecule has 0 fully saturated rings. The summed E-state index contributed by atoms with van der Waals surface area (Å²) >= 11 is 7.14. The molecule has 0 bridgehead atoms. The van der Waals surface area contributed by atoms with E-state index in [2.05, 4.69) is 4.98 Å². The van der Waals surface area contributed by atoms with Gasteiger partial charge in [0, 0.05) is 0 Å². The van der Waals surface area contributed by atoms with Gasteiger partial charge in [0.1, 0.15) is 12.0 Å². The minimum atomic E-state index is -0.109. The van der Waals surface area contributed by atoms with Gasteiger partial charge in [-0.05, 0) is 12.1 Å². The summed E-state index contributed by atoms with van der Waals surface area (Å²) in [7, 11) is 0. The van der Waals surface area contributed by atoms with Crippen molar-refractivity contribution >= 4 is 22.9 Å². The summed E-state index contributed by atoms with van der Waals surface area (Å²) in [6, 6.07) is 3.62. The molecule has 13 heavy (non-hydrogen) atoms. The number of hydrogen-bond acceptors (Lipinski definition) is 4. The molecule has 2 heterocycles. The molecule has 0 unspecified atom stereocenters. The molecule has 5 heteroatoms. The van der Waals surface area contributed by atoms with Crippen molar-refractivity contribution in [1.29, 1.82) is 0 Å². The van der Waals surface area contributed by atoms with Gasteiger partial charge in [-0.2, -0.15) is 0 Å². The summed E-state index contributed by atoms with van der Waals surface area (Å²) < 4.78 is 5.83. The summed E-state index contributed by atoms with van der Waals surface area (Å²) in [6.45, 7) is -0.109. The molecule has 2 aromatic heterocycles. The molecule has 68 valence electrons. The van der Waals surface area contributed by atoms with Crippen LogP contribution in [0.5, 0.6) is 0 Å². The van der Waals surface area contributed by atoms with Gasteiger partial charge in [-0.15, -0.1) is 11.3 Å². The van der Waals surface area contributed by atoms with Crippen molar-refractivity contribution in [2.24, 2.45) is 0 Å². The summed E-state index contributed by atoms with van der Waals surface area (Å²) in [5.74, 6) is 0.501. The molecule has 2 rings (SSSR count). The molecule has 0 amide bonds. The molecular weight excluding hydrogens is 210 g/mol. The van der Waals surface area contributed by atoms with Crippen molar-refractivity contribution in [3.63, 3.8) is 0 Å². The van der Waals surface area contributed by atoms with E-state index in [9.17, 15) is 0 Å². The molecule has 0 saturated heterocycles. The number of nitrogens with zero attached hydrogens (tertiary/aromatic N) is 1. The van der Waals surface area contributed by atoms with E-state index in [0.717, 1.165) is 4.88 Å². The van der Waals surface area contributed by atoms with E-state index in [1.54, 1.807) is 6.07 Å². The fourth-order valence-corrected chi connectivity index (χ4v) is 1.90. The van der Waals surface area contributed by atoms with Gasteiger partial charge in [0.05, 0.1) is 15.8 Å². The van der Waals surface area contributed by atoms with Crippen LogP contribution in [0.15, 0.2) is 22.8 Å². The van der Waals surface area contributed by atoms with Crippen LogP contribution in [-0.4, -0.2) is 10.1 Å². The Balaban J connectivity index is 2.35. The first-order chi connectivity index (χ1) is 6.29. The van der Waals surface area contributed by atoms with Gasteiger partial charge in [-0.25, -0.2) is 4.98 Å². The smallest absolute Gasteiger partial charge is 0.236 e. The standard InChI is InChI=1S/C8H6ClNO2S/c9-7-2-1-6(13-7)8-10-5(3-11)4-12-8/h1-2,4,11H,3H2. The Hall–Kier alpha value is -0.840. The van der Waals surface area contributed by atoms with Crippen LogP contribution in [0.2, 0.25) is 4.34 Å². The number of aliphatic hydroxyl groups excluding tert-OH is 1. The van der Waals surface area contributed by atoms with Crippen molar-refractivity contribution in [2.45, 2.75) is 6.61 Å². The minimum absolute atomic E-state index is 0.109. The summed E-state index contributed by atoms with van der Waals surface area (Å²) in [4.78, 5) is 4.91. The Kier molecular flexibility index (Phi) is 2.35. The third kappa shape index (κ3) is 1.75. The van der Waals surface area contributed by atoms with E-state index >= 15 is 0 Å². The van der Waals surface area contributed by atoms with E-state index in [-0.39, 0.29) is 6.61 Å². The van der Waals surface area contributed by atoms with E-state index in [0.29, 0.717) is 15.9 Å². The Bertz CT molecular complexity index is 410. The van der Waals surface area contributed by atoms with Crippen molar-refractivity contribution in [2.75, 3.05) is 0 Å². The molecule has 0 spiro atoms. The van der Waals surface area contributed by atoms with E-state index in [4.69, 9.17) is 21.1 Å². The zero-order valence-electron chi connectivity index (χ0n) is 6.53. The maximum Gasteiger partial charge on any atom is 0.236 e. The van der Waals surface area contributed by atoms with Gasteiger partial charge in [0.25, 0.3) is 0 Å². The van der Waals surface area contributed by atoms with Crippen LogP contribution in [0.1, 0.15) is 5.69 Å². The lowest BCUT2D eigenvalue weighted by Gasteiger charge is -1.84. The number of aliphatic hydroxyl groups is 1. The van der Waals surface area contributed by atoms with Crippen LogP contribution < -0.4 is 0 Å². The highest BCUT2D eigenvalue weighted by Gasteiger charge is 2.07. The first-order valence-corrected chi connectivity index (χ1v) is 4.80. The van der Waals surface area contributed by atoms with Crippen LogP contribution >= 0.6 is 22.9 Å². The summed E-state index contributed by atoms with van der Waals surface area (Å²) in [5, 5.41) is 8.76. The normalized spacial score (nSPS) is 10.6. The summed E-state index contributed by atoms with van der Waals surface area (Å²) in [5.41, 5.74) is 0.527. The Morgan fingerprint density at radius 3 is 2.92 bits per heavy atom. The molecule has 0 aromatic carbocycles. The molecule has 0 aliphatic rings. The molecule has 0 radical (unpaired) electrons. The van der Waals surface area contributed by atoms with Gasteiger partial charge in [-0.3, -0.25) is 0 Å². The lowest BCUT2D eigenvalue weighted by molar-refractivity contribution is 0.276. The Morgan fingerprint density at radius 1 is 1.54 bits per heavy atom. The maximum absolute atomic E-state index is 8.76. The van der Waals surface area contributed by atoms with Crippen molar-refractivity contribution < 1.29 is 9.52 Å². The predicted molar refractivity (Wildman–Crippen MR) is 50.7 cm³/mol. The van der Waals surface area contributed by atoms with Crippen LogP contribution in [0.4, 0.5) is 0 Å². The number of hydrogen-bond donors (Lipinski definition) is 1. The Labute approximate surface area is 83.6 Å². The number of halogens is 1. The molecule has 2 aromatic rings. The number of aromatic nitrogens is 1. The van der Waals surface area contributed by atoms with E-state index < -0.39 is 0 Å². The van der Waals surface area contributed by atoms with Crippen LogP contribution in [0.25, 0.3) is 10.8 Å². The topological polar surface area (TPSA) is 46.3 Å². The molecule has 1 N–H and O–H groups in total. The highest BCUT2D eigenvalue weighted by molar-refractivity contribution is 7.19. The summed E-state index contributed by atoms with van der Waals surface area (Å²) in [6.07, 6.45) is 1.43. The Morgan fingerprint density at radius 2 is 2.38 bits per heavy atom. The van der Waals surface area contributed by atoms with Crippen LogP contribution in [0, 0.1) is 0 Å². The number of oxazole rings is 1. The van der Waals surface area contributed by atoms with Crippen molar-refractivity contribution in [3.8, 4) is 10.8 Å². The quantitative estimate of drug-likeness (QED) is 0.838. The van der Waals surface area contributed by atoms with E-state index in [1.165, 1.54) is 17.6 Å². The van der Waals surface area contributed by atoms with Crippen LogP contribution in [-0.2, 0) is 6.61 Å². The number of rotatable bonds is 2. The second kappa shape index (κ2) is 3.49.